The average molecular weight is 277 g/mol. The Hall–Kier alpha value is -1.06. The SMILES string of the molecule is CCCCOc1ccc([C@H](C)NC[C@H]2CCCO2)cc1. The van der Waals surface area contributed by atoms with Crippen LogP contribution < -0.4 is 10.1 Å². The molecule has 112 valence electrons. The fraction of sp³-hybridized carbons (Fsp3) is 0.647. The third kappa shape index (κ3) is 4.80. The van der Waals surface area contributed by atoms with Gasteiger partial charge in [0.25, 0.3) is 0 Å². The van der Waals surface area contributed by atoms with Crippen molar-refractivity contribution in [1.82, 2.24) is 5.32 Å². The molecule has 1 heterocycles. The van der Waals surface area contributed by atoms with Crippen molar-refractivity contribution in [2.45, 2.75) is 51.7 Å². The lowest BCUT2D eigenvalue weighted by Crippen LogP contribution is -2.28. The molecule has 1 N–H and O–H groups in total. The minimum atomic E-state index is 0.351. The van der Waals surface area contributed by atoms with Crippen LogP contribution in [-0.4, -0.2) is 25.9 Å². The maximum atomic E-state index is 5.68. The van der Waals surface area contributed by atoms with Crippen molar-refractivity contribution in [2.24, 2.45) is 0 Å². The summed E-state index contributed by atoms with van der Waals surface area (Å²) in [5.74, 6) is 0.966. The van der Waals surface area contributed by atoms with Gasteiger partial charge < -0.3 is 14.8 Å². The maximum Gasteiger partial charge on any atom is 0.119 e. The molecule has 1 aromatic rings. The van der Waals surface area contributed by atoms with Crippen molar-refractivity contribution >= 4 is 0 Å². The Kier molecular flexibility index (Phi) is 6.34. The van der Waals surface area contributed by atoms with E-state index >= 15 is 0 Å². The standard InChI is InChI=1S/C17H27NO2/c1-3-4-11-19-16-9-7-15(8-10-16)14(2)18-13-17-6-5-12-20-17/h7-10,14,17-18H,3-6,11-13H2,1-2H3/t14-,17+/m0/s1. The molecule has 1 fully saturated rings. The van der Waals surface area contributed by atoms with Crippen LogP contribution in [0, 0.1) is 0 Å². The molecule has 0 amide bonds. The number of unbranched alkanes of at least 4 members (excludes halogenated alkanes) is 1. The van der Waals surface area contributed by atoms with Crippen LogP contribution in [0.15, 0.2) is 24.3 Å². The lowest BCUT2D eigenvalue weighted by Gasteiger charge is -2.17. The summed E-state index contributed by atoms with van der Waals surface area (Å²) in [7, 11) is 0. The highest BCUT2D eigenvalue weighted by atomic mass is 16.5. The van der Waals surface area contributed by atoms with Crippen molar-refractivity contribution in [3.8, 4) is 5.75 Å². The van der Waals surface area contributed by atoms with Gasteiger partial charge in [0, 0.05) is 19.2 Å². The van der Waals surface area contributed by atoms with E-state index in [1.54, 1.807) is 0 Å². The number of ether oxygens (including phenoxy) is 2. The van der Waals surface area contributed by atoms with Gasteiger partial charge in [0.15, 0.2) is 0 Å². The fourth-order valence-electron chi connectivity index (χ4n) is 2.42. The molecule has 0 unspecified atom stereocenters. The molecular weight excluding hydrogens is 250 g/mol. The molecule has 3 heteroatoms. The molecule has 0 bridgehead atoms. The van der Waals surface area contributed by atoms with Crippen LogP contribution in [0.2, 0.25) is 0 Å². The van der Waals surface area contributed by atoms with Crippen LogP contribution >= 0.6 is 0 Å². The molecule has 0 saturated carbocycles. The lowest BCUT2D eigenvalue weighted by atomic mass is 10.1. The van der Waals surface area contributed by atoms with Gasteiger partial charge in [-0.3, -0.25) is 0 Å². The summed E-state index contributed by atoms with van der Waals surface area (Å²) >= 11 is 0. The first kappa shape index (κ1) is 15.3. The van der Waals surface area contributed by atoms with Gasteiger partial charge in [-0.1, -0.05) is 25.5 Å². The highest BCUT2D eigenvalue weighted by molar-refractivity contribution is 5.28. The molecule has 0 aliphatic carbocycles. The van der Waals surface area contributed by atoms with Gasteiger partial charge in [-0.25, -0.2) is 0 Å². The molecule has 0 spiro atoms. The minimum Gasteiger partial charge on any atom is -0.494 e. The number of nitrogens with one attached hydrogen (secondary N) is 1. The molecule has 2 atom stereocenters. The van der Waals surface area contributed by atoms with E-state index in [2.05, 4.69) is 43.4 Å². The Balaban J connectivity index is 1.75. The number of rotatable bonds is 8. The van der Waals surface area contributed by atoms with E-state index < -0.39 is 0 Å². The van der Waals surface area contributed by atoms with E-state index in [-0.39, 0.29) is 0 Å². The molecule has 1 aliphatic heterocycles. The average Bonchev–Trinajstić information content (AvgIpc) is 2.99. The second kappa shape index (κ2) is 8.28. The van der Waals surface area contributed by atoms with Crippen molar-refractivity contribution in [3.63, 3.8) is 0 Å². The summed E-state index contributed by atoms with van der Waals surface area (Å²) < 4.78 is 11.3. The Morgan fingerprint density at radius 1 is 1.35 bits per heavy atom. The first-order valence-electron chi connectivity index (χ1n) is 7.87. The lowest BCUT2D eigenvalue weighted by molar-refractivity contribution is 0.108. The fourth-order valence-corrected chi connectivity index (χ4v) is 2.42. The zero-order chi connectivity index (χ0) is 14.2. The molecule has 1 saturated heterocycles. The van der Waals surface area contributed by atoms with Crippen molar-refractivity contribution in [3.05, 3.63) is 29.8 Å². The van der Waals surface area contributed by atoms with E-state index in [1.165, 1.54) is 24.8 Å². The van der Waals surface area contributed by atoms with Crippen molar-refractivity contribution < 1.29 is 9.47 Å². The quantitative estimate of drug-likeness (QED) is 0.735. The smallest absolute Gasteiger partial charge is 0.119 e. The Labute approximate surface area is 122 Å². The van der Waals surface area contributed by atoms with Crippen LogP contribution in [0.3, 0.4) is 0 Å². The first-order chi connectivity index (χ1) is 9.79. The molecular formula is C17H27NO2. The molecule has 2 rings (SSSR count). The Morgan fingerprint density at radius 3 is 2.80 bits per heavy atom. The van der Waals surface area contributed by atoms with Crippen molar-refractivity contribution in [2.75, 3.05) is 19.8 Å². The molecule has 1 aliphatic rings. The molecule has 0 aromatic heterocycles. The topological polar surface area (TPSA) is 30.5 Å². The summed E-state index contributed by atoms with van der Waals surface area (Å²) in [4.78, 5) is 0. The van der Waals surface area contributed by atoms with Crippen LogP contribution in [0.4, 0.5) is 0 Å². The Bertz CT molecular complexity index is 371. The summed E-state index contributed by atoms with van der Waals surface area (Å²) in [5.41, 5.74) is 1.30. The van der Waals surface area contributed by atoms with E-state index in [0.717, 1.165) is 31.9 Å². The molecule has 1 aromatic carbocycles. The van der Waals surface area contributed by atoms with Crippen LogP contribution in [0.25, 0.3) is 0 Å². The largest absolute Gasteiger partial charge is 0.494 e. The van der Waals surface area contributed by atoms with Gasteiger partial charge in [-0.15, -0.1) is 0 Å². The molecule has 3 nitrogen and oxygen atoms in total. The highest BCUT2D eigenvalue weighted by Gasteiger charge is 2.16. The Morgan fingerprint density at radius 2 is 2.15 bits per heavy atom. The first-order valence-corrected chi connectivity index (χ1v) is 7.87. The summed E-state index contributed by atoms with van der Waals surface area (Å²) in [5, 5.41) is 3.55. The number of benzene rings is 1. The predicted molar refractivity (Wildman–Crippen MR) is 82.2 cm³/mol. The molecule has 20 heavy (non-hydrogen) atoms. The summed E-state index contributed by atoms with van der Waals surface area (Å²) in [6, 6.07) is 8.77. The monoisotopic (exact) mass is 277 g/mol. The number of hydrogen-bond donors (Lipinski definition) is 1. The van der Waals surface area contributed by atoms with Gasteiger partial charge in [0.1, 0.15) is 5.75 Å². The molecule has 0 radical (unpaired) electrons. The zero-order valence-corrected chi connectivity index (χ0v) is 12.7. The maximum absolute atomic E-state index is 5.68. The van der Waals surface area contributed by atoms with Crippen LogP contribution in [-0.2, 0) is 4.74 Å². The van der Waals surface area contributed by atoms with E-state index in [0.29, 0.717) is 12.1 Å². The highest BCUT2D eigenvalue weighted by Crippen LogP contribution is 2.19. The normalized spacial score (nSPS) is 20.0. The minimum absolute atomic E-state index is 0.351. The second-order valence-corrected chi connectivity index (χ2v) is 5.54. The third-order valence-corrected chi connectivity index (χ3v) is 3.82. The number of hydrogen-bond acceptors (Lipinski definition) is 3. The van der Waals surface area contributed by atoms with E-state index in [1.807, 2.05) is 0 Å². The summed E-state index contributed by atoms with van der Waals surface area (Å²) in [6.07, 6.45) is 5.06. The van der Waals surface area contributed by atoms with Gasteiger partial charge in [-0.05, 0) is 43.9 Å². The van der Waals surface area contributed by atoms with Gasteiger partial charge in [0.2, 0.25) is 0 Å². The van der Waals surface area contributed by atoms with Crippen molar-refractivity contribution in [1.29, 1.82) is 0 Å². The van der Waals surface area contributed by atoms with Gasteiger partial charge in [0.05, 0.1) is 12.7 Å². The van der Waals surface area contributed by atoms with E-state index in [9.17, 15) is 0 Å². The zero-order valence-electron chi connectivity index (χ0n) is 12.7. The van der Waals surface area contributed by atoms with Gasteiger partial charge in [-0.2, -0.15) is 0 Å². The van der Waals surface area contributed by atoms with E-state index in [4.69, 9.17) is 9.47 Å². The second-order valence-electron chi connectivity index (χ2n) is 5.54. The van der Waals surface area contributed by atoms with Gasteiger partial charge >= 0.3 is 0 Å². The predicted octanol–water partition coefficient (Wildman–Crippen LogP) is 3.70. The summed E-state index contributed by atoms with van der Waals surface area (Å²) in [6.45, 7) is 7.04. The van der Waals surface area contributed by atoms with Crippen LogP contribution in [0.1, 0.15) is 51.1 Å². The third-order valence-electron chi connectivity index (χ3n) is 3.82. The van der Waals surface area contributed by atoms with Crippen LogP contribution in [0.5, 0.6) is 5.75 Å².